The lowest BCUT2D eigenvalue weighted by Crippen LogP contribution is -2.25. The number of terminal acetylenes is 1. The largest absolute Gasteiger partial charge is 0.344 e. The summed E-state index contributed by atoms with van der Waals surface area (Å²) in [5, 5.41) is 11.9. The molecule has 0 aliphatic rings. The number of carbonyl (C=O) groups is 1. The first-order valence-electron chi connectivity index (χ1n) is 8.24. The van der Waals surface area contributed by atoms with Crippen LogP contribution >= 0.6 is 11.8 Å². The number of benzene rings is 1. The van der Waals surface area contributed by atoms with E-state index in [1.165, 1.54) is 17.3 Å². The van der Waals surface area contributed by atoms with Crippen molar-refractivity contribution in [2.45, 2.75) is 44.8 Å². The highest BCUT2D eigenvalue weighted by Crippen LogP contribution is 2.27. The summed E-state index contributed by atoms with van der Waals surface area (Å²) in [7, 11) is 0. The summed E-state index contributed by atoms with van der Waals surface area (Å²) >= 11 is 1.36. The molecule has 1 amide bonds. The van der Waals surface area contributed by atoms with Crippen LogP contribution in [0.15, 0.2) is 29.4 Å². The third kappa shape index (κ3) is 4.86. The molecule has 0 aliphatic heterocycles. The first kappa shape index (κ1) is 19.1. The van der Waals surface area contributed by atoms with Crippen LogP contribution in [0.1, 0.15) is 33.3 Å². The molecule has 0 fully saturated rings. The summed E-state index contributed by atoms with van der Waals surface area (Å²) in [6.07, 6.45) is 5.14. The Morgan fingerprint density at radius 1 is 1.28 bits per heavy atom. The molecule has 0 saturated heterocycles. The molecule has 0 unspecified atom stereocenters. The van der Waals surface area contributed by atoms with Crippen LogP contribution in [-0.4, -0.2) is 33.0 Å². The monoisotopic (exact) mass is 356 g/mol. The molecular formula is C19H24N4OS. The van der Waals surface area contributed by atoms with E-state index in [-0.39, 0.29) is 23.6 Å². The number of hydrogen-bond donors (Lipinski definition) is 1. The van der Waals surface area contributed by atoms with E-state index in [4.69, 9.17) is 6.42 Å². The zero-order chi connectivity index (χ0) is 18.4. The van der Waals surface area contributed by atoms with E-state index >= 15 is 0 Å². The van der Waals surface area contributed by atoms with Gasteiger partial charge in [-0.1, -0.05) is 62.7 Å². The molecular weight excluding hydrogens is 332 g/mol. The second kappa shape index (κ2) is 8.21. The van der Waals surface area contributed by atoms with E-state index in [2.05, 4.69) is 66.5 Å². The molecule has 1 N–H and O–H groups in total. The first-order valence-corrected chi connectivity index (χ1v) is 9.22. The van der Waals surface area contributed by atoms with Gasteiger partial charge < -0.3 is 9.88 Å². The van der Waals surface area contributed by atoms with Crippen LogP contribution in [-0.2, 0) is 16.8 Å². The van der Waals surface area contributed by atoms with Gasteiger partial charge in [-0.25, -0.2) is 0 Å². The zero-order valence-electron chi connectivity index (χ0n) is 15.2. The molecule has 1 aromatic heterocycles. The summed E-state index contributed by atoms with van der Waals surface area (Å²) in [5.41, 5.74) is 2.41. The van der Waals surface area contributed by atoms with Crippen LogP contribution in [0.3, 0.4) is 0 Å². The molecule has 6 heteroatoms. The summed E-state index contributed by atoms with van der Waals surface area (Å²) < 4.78 is 2.02. The van der Waals surface area contributed by atoms with Gasteiger partial charge in [0, 0.05) is 12.1 Å². The highest BCUT2D eigenvalue weighted by atomic mass is 32.2. The van der Waals surface area contributed by atoms with E-state index < -0.39 is 0 Å². The number of carbonyl (C=O) groups excluding carboxylic acids is 1. The molecule has 5 nitrogen and oxygen atoms in total. The van der Waals surface area contributed by atoms with Crippen molar-refractivity contribution >= 4 is 17.7 Å². The van der Waals surface area contributed by atoms with Gasteiger partial charge in [0.05, 0.1) is 12.3 Å². The Balaban J connectivity index is 2.16. The predicted molar refractivity (Wildman–Crippen MR) is 102 cm³/mol. The van der Waals surface area contributed by atoms with Crippen molar-refractivity contribution in [2.24, 2.45) is 0 Å². The minimum atomic E-state index is -0.107. The maximum absolute atomic E-state index is 11.7. The van der Waals surface area contributed by atoms with Crippen molar-refractivity contribution in [1.29, 1.82) is 0 Å². The lowest BCUT2D eigenvalue weighted by molar-refractivity contribution is -0.118. The van der Waals surface area contributed by atoms with Gasteiger partial charge in [0.2, 0.25) is 5.91 Å². The van der Waals surface area contributed by atoms with E-state index in [9.17, 15) is 4.79 Å². The van der Waals surface area contributed by atoms with E-state index in [1.54, 1.807) is 0 Å². The van der Waals surface area contributed by atoms with Gasteiger partial charge in [0.25, 0.3) is 0 Å². The fraction of sp³-hybridized carbons (Fsp3) is 0.421. The Morgan fingerprint density at radius 3 is 2.52 bits per heavy atom. The molecule has 0 spiro atoms. The van der Waals surface area contributed by atoms with Crippen LogP contribution < -0.4 is 5.32 Å². The lowest BCUT2D eigenvalue weighted by Gasteiger charge is -2.19. The van der Waals surface area contributed by atoms with Crippen molar-refractivity contribution in [1.82, 2.24) is 20.1 Å². The molecule has 1 heterocycles. The van der Waals surface area contributed by atoms with Crippen molar-refractivity contribution in [3.8, 4) is 23.7 Å². The fourth-order valence-electron chi connectivity index (χ4n) is 2.34. The number of nitrogens with one attached hydrogen (secondary N) is 1. The number of nitrogens with zero attached hydrogens (tertiary/aromatic N) is 3. The van der Waals surface area contributed by atoms with E-state index in [0.29, 0.717) is 0 Å². The Hall–Kier alpha value is -2.26. The molecule has 0 bridgehead atoms. The fourth-order valence-corrected chi connectivity index (χ4v) is 3.18. The third-order valence-corrected chi connectivity index (χ3v) is 4.73. The molecule has 132 valence electrons. The number of rotatable bonds is 6. The summed E-state index contributed by atoms with van der Waals surface area (Å²) in [6, 6.07) is 8.41. The average Bonchev–Trinajstić information content (AvgIpc) is 3.00. The maximum atomic E-state index is 11.7. The van der Waals surface area contributed by atoms with Crippen LogP contribution in [0.25, 0.3) is 11.4 Å². The molecule has 0 atom stereocenters. The Labute approximate surface area is 153 Å². The average molecular weight is 356 g/mol. The van der Waals surface area contributed by atoms with Gasteiger partial charge >= 0.3 is 0 Å². The number of thioether (sulfide) groups is 1. The SMILES string of the molecule is C#CCNC(=O)CSc1nnc(-c2ccc(C(C)(C)C)cc2)n1CC. The smallest absolute Gasteiger partial charge is 0.231 e. The number of hydrogen-bond acceptors (Lipinski definition) is 4. The summed E-state index contributed by atoms with van der Waals surface area (Å²) in [4.78, 5) is 11.7. The van der Waals surface area contributed by atoms with Gasteiger partial charge in [-0.3, -0.25) is 4.79 Å². The zero-order valence-corrected chi connectivity index (χ0v) is 16.0. The van der Waals surface area contributed by atoms with Crippen molar-refractivity contribution < 1.29 is 4.79 Å². The van der Waals surface area contributed by atoms with E-state index in [0.717, 1.165) is 23.1 Å². The summed E-state index contributed by atoms with van der Waals surface area (Å²) in [6.45, 7) is 9.59. The predicted octanol–water partition coefficient (Wildman–Crippen LogP) is 3.10. The second-order valence-electron chi connectivity index (χ2n) is 6.65. The quantitative estimate of drug-likeness (QED) is 0.638. The maximum Gasteiger partial charge on any atom is 0.231 e. The number of aromatic nitrogens is 3. The third-order valence-electron chi connectivity index (χ3n) is 3.76. The van der Waals surface area contributed by atoms with Crippen molar-refractivity contribution in [3.05, 3.63) is 29.8 Å². The van der Waals surface area contributed by atoms with Crippen molar-refractivity contribution in [2.75, 3.05) is 12.3 Å². The Bertz CT molecular complexity index is 766. The highest BCUT2D eigenvalue weighted by molar-refractivity contribution is 7.99. The Morgan fingerprint density at radius 2 is 1.96 bits per heavy atom. The molecule has 2 rings (SSSR count). The van der Waals surface area contributed by atoms with Gasteiger partial charge in [0.1, 0.15) is 0 Å². The molecule has 0 radical (unpaired) electrons. The van der Waals surface area contributed by atoms with Crippen LogP contribution in [0.5, 0.6) is 0 Å². The van der Waals surface area contributed by atoms with Gasteiger partial charge in [-0.2, -0.15) is 0 Å². The first-order chi connectivity index (χ1) is 11.9. The highest BCUT2D eigenvalue weighted by Gasteiger charge is 2.17. The molecule has 1 aromatic carbocycles. The lowest BCUT2D eigenvalue weighted by atomic mass is 9.87. The van der Waals surface area contributed by atoms with Crippen LogP contribution in [0, 0.1) is 12.3 Å². The van der Waals surface area contributed by atoms with Crippen LogP contribution in [0.2, 0.25) is 0 Å². The second-order valence-corrected chi connectivity index (χ2v) is 7.59. The molecule has 2 aromatic rings. The van der Waals surface area contributed by atoms with Gasteiger partial charge in [-0.15, -0.1) is 16.6 Å². The van der Waals surface area contributed by atoms with Crippen LogP contribution in [0.4, 0.5) is 0 Å². The van der Waals surface area contributed by atoms with Gasteiger partial charge in [0.15, 0.2) is 11.0 Å². The number of amides is 1. The van der Waals surface area contributed by atoms with Crippen molar-refractivity contribution in [3.63, 3.8) is 0 Å². The standard InChI is InChI=1S/C19H24N4OS/c1-6-12-20-16(24)13-25-18-22-21-17(23(18)7-2)14-8-10-15(11-9-14)19(3,4)5/h1,8-11H,7,12-13H2,2-5H3,(H,20,24). The molecule has 0 saturated carbocycles. The minimum absolute atomic E-state index is 0.107. The van der Waals surface area contributed by atoms with Gasteiger partial charge in [-0.05, 0) is 17.9 Å². The topological polar surface area (TPSA) is 59.8 Å². The molecule has 25 heavy (non-hydrogen) atoms. The minimum Gasteiger partial charge on any atom is -0.344 e. The van der Waals surface area contributed by atoms with E-state index in [1.807, 2.05) is 11.5 Å². The normalized spacial score (nSPS) is 11.2. The molecule has 0 aliphatic carbocycles. The summed E-state index contributed by atoms with van der Waals surface area (Å²) in [5.74, 6) is 3.36. The Kier molecular flexibility index (Phi) is 6.27.